The summed E-state index contributed by atoms with van der Waals surface area (Å²) in [5.41, 5.74) is 7.93. The summed E-state index contributed by atoms with van der Waals surface area (Å²) in [7, 11) is 0. The maximum Gasteiger partial charge on any atom is 0.130 e. The van der Waals surface area contributed by atoms with E-state index >= 15 is 0 Å². The number of hydrogen-bond donors (Lipinski definition) is 1. The molecule has 0 saturated heterocycles. The summed E-state index contributed by atoms with van der Waals surface area (Å²) in [5, 5.41) is 0.975. The van der Waals surface area contributed by atoms with E-state index in [0.29, 0.717) is 5.82 Å². The molecular formula is C10H13BrN2. The van der Waals surface area contributed by atoms with Crippen LogP contribution in [0.25, 0.3) is 6.08 Å². The number of rotatable bonds is 3. The number of nitrogens with zero attached hydrogens (tertiary/aromatic N) is 1. The fraction of sp³-hybridized carbons (Fsp3) is 0.300. The Kier molecular flexibility index (Phi) is 3.96. The first-order chi connectivity index (χ1) is 6.25. The Bertz CT molecular complexity index is 288. The van der Waals surface area contributed by atoms with E-state index in [1.165, 1.54) is 5.56 Å². The smallest absolute Gasteiger partial charge is 0.130 e. The zero-order valence-corrected chi connectivity index (χ0v) is 9.21. The molecule has 13 heavy (non-hydrogen) atoms. The minimum absolute atomic E-state index is 0.603. The second kappa shape index (κ2) is 5.02. The Morgan fingerprint density at radius 3 is 3.00 bits per heavy atom. The molecule has 0 amide bonds. The number of alkyl halides is 1. The van der Waals surface area contributed by atoms with Crippen molar-refractivity contribution < 1.29 is 0 Å². The molecule has 0 aliphatic carbocycles. The fourth-order valence-corrected chi connectivity index (χ4v) is 1.34. The number of aromatic nitrogens is 1. The van der Waals surface area contributed by atoms with Gasteiger partial charge in [-0.25, -0.2) is 4.98 Å². The highest BCUT2D eigenvalue weighted by atomic mass is 79.9. The zero-order chi connectivity index (χ0) is 9.68. The van der Waals surface area contributed by atoms with Gasteiger partial charge in [-0.3, -0.25) is 0 Å². The summed E-state index contributed by atoms with van der Waals surface area (Å²) in [6.07, 6.45) is 6.86. The van der Waals surface area contributed by atoms with E-state index < -0.39 is 0 Å². The lowest BCUT2D eigenvalue weighted by molar-refractivity contribution is 1.25. The van der Waals surface area contributed by atoms with Crippen molar-refractivity contribution >= 4 is 27.8 Å². The van der Waals surface area contributed by atoms with Gasteiger partial charge in [-0.2, -0.15) is 0 Å². The number of halogens is 1. The third-order valence-electron chi connectivity index (χ3n) is 1.80. The van der Waals surface area contributed by atoms with Gasteiger partial charge in [-0.15, -0.1) is 0 Å². The molecule has 0 saturated carbocycles. The molecule has 1 aromatic heterocycles. The first kappa shape index (κ1) is 10.3. The van der Waals surface area contributed by atoms with Gasteiger partial charge in [0.05, 0.1) is 0 Å². The SMILES string of the molecule is Cc1ccnc(N)c1C=CCCBr. The van der Waals surface area contributed by atoms with Crippen LogP contribution >= 0.6 is 15.9 Å². The molecule has 3 heteroatoms. The van der Waals surface area contributed by atoms with E-state index in [9.17, 15) is 0 Å². The van der Waals surface area contributed by atoms with E-state index in [2.05, 4.69) is 27.0 Å². The lowest BCUT2D eigenvalue weighted by atomic mass is 10.1. The zero-order valence-electron chi connectivity index (χ0n) is 7.63. The van der Waals surface area contributed by atoms with E-state index in [1.807, 2.05) is 19.1 Å². The Labute approximate surface area is 87.0 Å². The van der Waals surface area contributed by atoms with Crippen LogP contribution in [0.3, 0.4) is 0 Å². The minimum atomic E-state index is 0.603. The highest BCUT2D eigenvalue weighted by Crippen LogP contribution is 2.15. The summed E-state index contributed by atoms with van der Waals surface area (Å²) >= 11 is 3.36. The molecule has 0 aliphatic rings. The predicted molar refractivity (Wildman–Crippen MR) is 60.8 cm³/mol. The second-order valence-electron chi connectivity index (χ2n) is 2.81. The molecule has 0 unspecified atom stereocenters. The molecule has 0 radical (unpaired) electrons. The van der Waals surface area contributed by atoms with Gasteiger partial charge in [0.25, 0.3) is 0 Å². The summed E-state index contributed by atoms with van der Waals surface area (Å²) < 4.78 is 0. The number of hydrogen-bond acceptors (Lipinski definition) is 2. The topological polar surface area (TPSA) is 38.9 Å². The fourth-order valence-electron chi connectivity index (χ4n) is 1.07. The number of allylic oxidation sites excluding steroid dienone is 1. The van der Waals surface area contributed by atoms with Crippen LogP contribution in [-0.4, -0.2) is 10.3 Å². The van der Waals surface area contributed by atoms with Gasteiger partial charge in [0.15, 0.2) is 0 Å². The van der Waals surface area contributed by atoms with Gasteiger partial charge in [-0.1, -0.05) is 28.1 Å². The van der Waals surface area contributed by atoms with Crippen molar-refractivity contribution in [2.75, 3.05) is 11.1 Å². The van der Waals surface area contributed by atoms with Crippen LogP contribution in [0, 0.1) is 6.92 Å². The largest absolute Gasteiger partial charge is 0.383 e. The molecule has 0 aromatic carbocycles. The third kappa shape index (κ3) is 2.84. The molecule has 0 atom stereocenters. The van der Waals surface area contributed by atoms with E-state index in [4.69, 9.17) is 5.73 Å². The van der Waals surface area contributed by atoms with Crippen molar-refractivity contribution in [1.82, 2.24) is 4.98 Å². The van der Waals surface area contributed by atoms with Crippen molar-refractivity contribution in [3.8, 4) is 0 Å². The van der Waals surface area contributed by atoms with Crippen LogP contribution in [0.5, 0.6) is 0 Å². The summed E-state index contributed by atoms with van der Waals surface area (Å²) in [4.78, 5) is 4.03. The summed E-state index contributed by atoms with van der Waals surface area (Å²) in [6, 6.07) is 1.96. The van der Waals surface area contributed by atoms with Crippen molar-refractivity contribution in [1.29, 1.82) is 0 Å². The number of anilines is 1. The van der Waals surface area contributed by atoms with Crippen LogP contribution < -0.4 is 5.73 Å². The molecule has 0 spiro atoms. The van der Waals surface area contributed by atoms with Crippen molar-refractivity contribution in [2.45, 2.75) is 13.3 Å². The molecule has 1 heterocycles. The molecule has 2 N–H and O–H groups in total. The average molecular weight is 241 g/mol. The van der Waals surface area contributed by atoms with E-state index in [-0.39, 0.29) is 0 Å². The van der Waals surface area contributed by atoms with Crippen molar-refractivity contribution in [3.05, 3.63) is 29.5 Å². The predicted octanol–water partition coefficient (Wildman–Crippen LogP) is 2.77. The molecule has 2 nitrogen and oxygen atoms in total. The maximum absolute atomic E-state index is 5.73. The van der Waals surface area contributed by atoms with Gasteiger partial charge >= 0.3 is 0 Å². The Morgan fingerprint density at radius 1 is 1.62 bits per heavy atom. The lowest BCUT2D eigenvalue weighted by Crippen LogP contribution is -1.95. The standard InChI is InChI=1S/C10H13BrN2/c1-8-5-7-13-10(12)9(8)4-2-3-6-11/h2,4-5,7H,3,6H2,1H3,(H2,12,13). The Morgan fingerprint density at radius 2 is 2.38 bits per heavy atom. The van der Waals surface area contributed by atoms with Crippen LogP contribution in [0.1, 0.15) is 17.5 Å². The summed E-state index contributed by atoms with van der Waals surface area (Å²) in [5.74, 6) is 0.603. The van der Waals surface area contributed by atoms with Gasteiger partial charge < -0.3 is 5.73 Å². The van der Waals surface area contributed by atoms with E-state index in [0.717, 1.165) is 17.3 Å². The van der Waals surface area contributed by atoms with Crippen LogP contribution in [0.2, 0.25) is 0 Å². The molecule has 70 valence electrons. The van der Waals surface area contributed by atoms with Crippen LogP contribution in [-0.2, 0) is 0 Å². The van der Waals surface area contributed by atoms with Crippen molar-refractivity contribution in [3.63, 3.8) is 0 Å². The lowest BCUT2D eigenvalue weighted by Gasteiger charge is -2.02. The normalized spacial score (nSPS) is 10.9. The second-order valence-corrected chi connectivity index (χ2v) is 3.60. The maximum atomic E-state index is 5.73. The molecule has 0 aliphatic heterocycles. The molecule has 0 fully saturated rings. The van der Waals surface area contributed by atoms with Crippen molar-refractivity contribution in [2.24, 2.45) is 0 Å². The first-order valence-electron chi connectivity index (χ1n) is 4.19. The van der Waals surface area contributed by atoms with Gasteiger partial charge in [-0.05, 0) is 25.0 Å². The summed E-state index contributed by atoms with van der Waals surface area (Å²) in [6.45, 7) is 2.03. The number of aryl methyl sites for hydroxylation is 1. The quantitative estimate of drug-likeness (QED) is 0.826. The monoisotopic (exact) mass is 240 g/mol. The molecule has 1 rings (SSSR count). The van der Waals surface area contributed by atoms with E-state index in [1.54, 1.807) is 6.20 Å². The first-order valence-corrected chi connectivity index (χ1v) is 5.31. The van der Waals surface area contributed by atoms with Crippen LogP contribution in [0.15, 0.2) is 18.3 Å². The number of nitrogen functional groups attached to an aromatic ring is 1. The Hall–Kier alpha value is -0.830. The van der Waals surface area contributed by atoms with Gasteiger partial charge in [0.1, 0.15) is 5.82 Å². The Balaban J connectivity index is 2.87. The highest BCUT2D eigenvalue weighted by Gasteiger charge is 1.98. The molecule has 0 bridgehead atoms. The van der Waals surface area contributed by atoms with Gasteiger partial charge in [0.2, 0.25) is 0 Å². The molecule has 1 aromatic rings. The molecular weight excluding hydrogens is 228 g/mol. The number of pyridine rings is 1. The third-order valence-corrected chi connectivity index (χ3v) is 2.26. The highest BCUT2D eigenvalue weighted by molar-refractivity contribution is 9.09. The minimum Gasteiger partial charge on any atom is -0.383 e. The van der Waals surface area contributed by atoms with Crippen LogP contribution in [0.4, 0.5) is 5.82 Å². The average Bonchev–Trinajstić information content (AvgIpc) is 2.10. The number of nitrogens with two attached hydrogens (primary N) is 1. The van der Waals surface area contributed by atoms with Gasteiger partial charge in [0, 0.05) is 17.1 Å².